The van der Waals surface area contributed by atoms with E-state index in [0.717, 1.165) is 21.3 Å². The predicted octanol–water partition coefficient (Wildman–Crippen LogP) is 3.40. The topological polar surface area (TPSA) is 56.8 Å². The molecule has 1 aliphatic heterocycles. The van der Waals surface area contributed by atoms with Crippen molar-refractivity contribution in [2.45, 2.75) is 20.0 Å². The second-order valence-corrected chi connectivity index (χ2v) is 6.75. The number of aryl methyl sites for hydroxylation is 2. The maximum absolute atomic E-state index is 12.0. The van der Waals surface area contributed by atoms with Crippen molar-refractivity contribution < 1.29 is 19.0 Å². The third-order valence-electron chi connectivity index (χ3n) is 3.87. The lowest BCUT2D eigenvalue weighted by Crippen LogP contribution is -2.42. The van der Waals surface area contributed by atoms with Crippen molar-refractivity contribution in [3.05, 3.63) is 52.0 Å². The molecule has 0 radical (unpaired) electrons. The lowest BCUT2D eigenvalue weighted by Gasteiger charge is -2.26. The highest BCUT2D eigenvalue weighted by molar-refractivity contribution is 9.10. The minimum absolute atomic E-state index is 0.0370. The van der Waals surface area contributed by atoms with Crippen LogP contribution in [-0.4, -0.2) is 31.8 Å². The molecule has 5 nitrogen and oxygen atoms in total. The van der Waals surface area contributed by atoms with Gasteiger partial charge in [-0.2, -0.15) is 0 Å². The molecule has 2 aromatic carbocycles. The molecule has 2 aromatic rings. The van der Waals surface area contributed by atoms with Crippen LogP contribution in [0.1, 0.15) is 11.1 Å². The molecule has 0 spiro atoms. The van der Waals surface area contributed by atoms with Crippen LogP contribution in [0.3, 0.4) is 0 Å². The molecule has 1 amide bonds. The standard InChI is InChI=1S/C19H20BrNO4/c1-12-7-14(8-13(2)19(12)20)23-11-18(22)21-9-15-10-24-16-5-3-4-6-17(16)25-15/h3-8,15H,9-11H2,1-2H3,(H,21,22). The van der Waals surface area contributed by atoms with Crippen LogP contribution in [0.4, 0.5) is 0 Å². The molecule has 1 heterocycles. The van der Waals surface area contributed by atoms with Gasteiger partial charge >= 0.3 is 0 Å². The zero-order chi connectivity index (χ0) is 17.8. The average Bonchev–Trinajstić information content (AvgIpc) is 2.62. The van der Waals surface area contributed by atoms with Crippen LogP contribution >= 0.6 is 15.9 Å². The minimum Gasteiger partial charge on any atom is -0.486 e. The van der Waals surface area contributed by atoms with Crippen LogP contribution in [0, 0.1) is 13.8 Å². The Hall–Kier alpha value is -2.21. The Bertz CT molecular complexity index is 755. The number of carbonyl (C=O) groups is 1. The van der Waals surface area contributed by atoms with E-state index in [-0.39, 0.29) is 18.6 Å². The SMILES string of the molecule is Cc1cc(OCC(=O)NCC2COc3ccccc3O2)cc(C)c1Br. The number of ether oxygens (including phenoxy) is 3. The van der Waals surface area contributed by atoms with E-state index in [1.165, 1.54) is 0 Å². The fraction of sp³-hybridized carbons (Fsp3) is 0.316. The van der Waals surface area contributed by atoms with Crippen LogP contribution in [0.25, 0.3) is 0 Å². The largest absolute Gasteiger partial charge is 0.486 e. The highest BCUT2D eigenvalue weighted by atomic mass is 79.9. The first-order valence-corrected chi connectivity index (χ1v) is 8.87. The van der Waals surface area contributed by atoms with Gasteiger partial charge in [0.2, 0.25) is 0 Å². The molecule has 0 aliphatic carbocycles. The molecule has 6 heteroatoms. The molecule has 1 atom stereocenters. The normalized spacial score (nSPS) is 15.6. The molecule has 132 valence electrons. The summed E-state index contributed by atoms with van der Waals surface area (Å²) in [5.41, 5.74) is 2.14. The first kappa shape index (κ1) is 17.6. The highest BCUT2D eigenvalue weighted by Crippen LogP contribution is 2.30. The first-order valence-electron chi connectivity index (χ1n) is 8.07. The zero-order valence-corrected chi connectivity index (χ0v) is 15.8. The van der Waals surface area contributed by atoms with Crippen molar-refractivity contribution >= 4 is 21.8 Å². The number of carbonyl (C=O) groups excluding carboxylic acids is 1. The van der Waals surface area contributed by atoms with E-state index >= 15 is 0 Å². The number of benzene rings is 2. The van der Waals surface area contributed by atoms with Crippen molar-refractivity contribution in [3.63, 3.8) is 0 Å². The molecule has 25 heavy (non-hydrogen) atoms. The molecule has 0 fully saturated rings. The van der Waals surface area contributed by atoms with Gasteiger partial charge in [-0.25, -0.2) is 0 Å². The Kier molecular flexibility index (Phi) is 5.48. The van der Waals surface area contributed by atoms with E-state index in [0.29, 0.717) is 24.7 Å². The van der Waals surface area contributed by atoms with Gasteiger partial charge in [-0.05, 0) is 49.2 Å². The van der Waals surface area contributed by atoms with Gasteiger partial charge in [0.25, 0.3) is 5.91 Å². The maximum atomic E-state index is 12.0. The summed E-state index contributed by atoms with van der Waals surface area (Å²) in [6.45, 7) is 4.72. The molecule has 3 rings (SSSR count). The summed E-state index contributed by atoms with van der Waals surface area (Å²) in [6.07, 6.45) is -0.212. The fourth-order valence-electron chi connectivity index (χ4n) is 2.58. The third-order valence-corrected chi connectivity index (χ3v) is 5.13. The molecule has 1 unspecified atom stereocenters. The molecular formula is C19H20BrNO4. The number of fused-ring (bicyclic) bond motifs is 1. The van der Waals surface area contributed by atoms with Gasteiger partial charge in [-0.1, -0.05) is 28.1 Å². The van der Waals surface area contributed by atoms with Gasteiger partial charge in [-0.15, -0.1) is 0 Å². The van der Waals surface area contributed by atoms with Gasteiger partial charge in [0.1, 0.15) is 18.5 Å². The summed E-state index contributed by atoms with van der Waals surface area (Å²) < 4.78 is 18.1. The molecule has 0 saturated carbocycles. The van der Waals surface area contributed by atoms with Crippen molar-refractivity contribution in [1.29, 1.82) is 0 Å². The van der Waals surface area contributed by atoms with Gasteiger partial charge < -0.3 is 19.5 Å². The van der Waals surface area contributed by atoms with E-state index in [4.69, 9.17) is 14.2 Å². The van der Waals surface area contributed by atoms with Crippen LogP contribution < -0.4 is 19.5 Å². The molecule has 1 N–H and O–H groups in total. The summed E-state index contributed by atoms with van der Waals surface area (Å²) in [5, 5.41) is 2.82. The van der Waals surface area contributed by atoms with Crippen LogP contribution in [0.15, 0.2) is 40.9 Å². The van der Waals surface area contributed by atoms with Crippen LogP contribution in [0.2, 0.25) is 0 Å². The Morgan fingerprint density at radius 1 is 1.24 bits per heavy atom. The first-order chi connectivity index (χ1) is 12.0. The lowest BCUT2D eigenvalue weighted by atomic mass is 10.1. The highest BCUT2D eigenvalue weighted by Gasteiger charge is 2.21. The lowest BCUT2D eigenvalue weighted by molar-refractivity contribution is -0.123. The number of para-hydroxylation sites is 2. The minimum atomic E-state index is -0.212. The Labute approximate surface area is 155 Å². The number of amides is 1. The van der Waals surface area contributed by atoms with Gasteiger partial charge in [-0.3, -0.25) is 4.79 Å². The van der Waals surface area contributed by atoms with Crippen LogP contribution in [0.5, 0.6) is 17.2 Å². The number of hydrogen-bond acceptors (Lipinski definition) is 4. The van der Waals surface area contributed by atoms with Crippen molar-refractivity contribution in [2.75, 3.05) is 19.8 Å². The number of hydrogen-bond donors (Lipinski definition) is 1. The van der Waals surface area contributed by atoms with Gasteiger partial charge in [0.15, 0.2) is 18.1 Å². The zero-order valence-electron chi connectivity index (χ0n) is 14.2. The second kappa shape index (κ2) is 7.78. The Morgan fingerprint density at radius 2 is 1.92 bits per heavy atom. The predicted molar refractivity (Wildman–Crippen MR) is 98.5 cm³/mol. The number of rotatable bonds is 5. The van der Waals surface area contributed by atoms with Crippen molar-refractivity contribution in [1.82, 2.24) is 5.32 Å². The summed E-state index contributed by atoms with van der Waals surface area (Å²) in [6, 6.07) is 11.3. The van der Waals surface area contributed by atoms with Crippen LogP contribution in [-0.2, 0) is 4.79 Å². The van der Waals surface area contributed by atoms with E-state index < -0.39 is 0 Å². The fourth-order valence-corrected chi connectivity index (χ4v) is 2.81. The summed E-state index contributed by atoms with van der Waals surface area (Å²) >= 11 is 3.51. The molecular weight excluding hydrogens is 386 g/mol. The molecule has 0 bridgehead atoms. The maximum Gasteiger partial charge on any atom is 0.258 e. The van der Waals surface area contributed by atoms with Crippen molar-refractivity contribution in [3.8, 4) is 17.2 Å². The molecule has 0 aromatic heterocycles. The van der Waals surface area contributed by atoms with E-state index in [1.54, 1.807) is 0 Å². The Balaban J connectivity index is 1.46. The second-order valence-electron chi connectivity index (χ2n) is 5.96. The monoisotopic (exact) mass is 405 g/mol. The van der Waals surface area contributed by atoms with E-state index in [1.807, 2.05) is 50.2 Å². The quantitative estimate of drug-likeness (QED) is 0.827. The molecule has 1 aliphatic rings. The average molecular weight is 406 g/mol. The third kappa shape index (κ3) is 4.45. The number of halogens is 1. The smallest absolute Gasteiger partial charge is 0.258 e. The van der Waals surface area contributed by atoms with Gasteiger partial charge in [0, 0.05) is 4.47 Å². The number of nitrogens with one attached hydrogen (secondary N) is 1. The van der Waals surface area contributed by atoms with Gasteiger partial charge in [0.05, 0.1) is 6.54 Å². The van der Waals surface area contributed by atoms with Crippen molar-refractivity contribution in [2.24, 2.45) is 0 Å². The van der Waals surface area contributed by atoms with E-state index in [9.17, 15) is 4.79 Å². The molecule has 0 saturated heterocycles. The Morgan fingerprint density at radius 3 is 2.64 bits per heavy atom. The van der Waals surface area contributed by atoms with E-state index in [2.05, 4.69) is 21.2 Å². The summed E-state index contributed by atoms with van der Waals surface area (Å²) in [5.74, 6) is 1.92. The summed E-state index contributed by atoms with van der Waals surface area (Å²) in [4.78, 5) is 12.0. The summed E-state index contributed by atoms with van der Waals surface area (Å²) in [7, 11) is 0.